The van der Waals surface area contributed by atoms with E-state index in [1.807, 2.05) is 19.1 Å². The van der Waals surface area contributed by atoms with Crippen molar-refractivity contribution in [2.24, 2.45) is 0 Å². The van der Waals surface area contributed by atoms with Gasteiger partial charge in [0.05, 0.1) is 17.1 Å². The fourth-order valence-corrected chi connectivity index (χ4v) is 3.49. The highest BCUT2D eigenvalue weighted by Crippen LogP contribution is 2.14. The Bertz CT molecular complexity index is 729. The van der Waals surface area contributed by atoms with Crippen molar-refractivity contribution in [2.45, 2.75) is 18.4 Å². The largest absolute Gasteiger partial charge is 0.478 e. The number of carboxylic acids is 1. The lowest BCUT2D eigenvalue weighted by atomic mass is 10.1. The summed E-state index contributed by atoms with van der Waals surface area (Å²) < 4.78 is 24.3. The molecule has 2 aromatic rings. The summed E-state index contributed by atoms with van der Waals surface area (Å²) in [4.78, 5) is 10.7. The average Bonchev–Trinajstić information content (AvgIpc) is 2.41. The molecule has 110 valence electrons. The third kappa shape index (κ3) is 4.43. The molecule has 0 atom stereocenters. The molecule has 4 nitrogen and oxygen atoms in total. The Hall–Kier alpha value is -2.14. The first-order chi connectivity index (χ1) is 9.85. The molecular formula is C16H16O4S. The summed E-state index contributed by atoms with van der Waals surface area (Å²) in [5, 5.41) is 8.81. The molecule has 2 rings (SSSR count). The minimum atomic E-state index is -3.28. The van der Waals surface area contributed by atoms with Crippen LogP contribution in [-0.4, -0.2) is 19.5 Å². The molecule has 0 bridgehead atoms. The van der Waals surface area contributed by atoms with Crippen LogP contribution in [-0.2, 0) is 21.3 Å². The van der Waals surface area contributed by atoms with Crippen LogP contribution in [0.1, 0.15) is 27.0 Å². The van der Waals surface area contributed by atoms with Crippen LogP contribution in [0.3, 0.4) is 0 Å². The van der Waals surface area contributed by atoms with Crippen LogP contribution in [0.25, 0.3) is 0 Å². The van der Waals surface area contributed by atoms with Crippen molar-refractivity contribution in [3.8, 4) is 0 Å². The number of benzene rings is 2. The fourth-order valence-electron chi connectivity index (χ4n) is 1.99. The number of rotatable bonds is 5. The van der Waals surface area contributed by atoms with E-state index in [0.717, 1.165) is 11.1 Å². The van der Waals surface area contributed by atoms with E-state index < -0.39 is 15.8 Å². The first-order valence-electron chi connectivity index (χ1n) is 6.44. The number of hydrogen-bond acceptors (Lipinski definition) is 3. The number of aromatic carboxylic acids is 1. The normalized spacial score (nSPS) is 11.3. The average molecular weight is 304 g/mol. The lowest BCUT2D eigenvalue weighted by Gasteiger charge is -2.06. The highest BCUT2D eigenvalue weighted by Gasteiger charge is 2.13. The lowest BCUT2D eigenvalue weighted by Crippen LogP contribution is -2.08. The van der Waals surface area contributed by atoms with Gasteiger partial charge < -0.3 is 5.11 Å². The second-order valence-electron chi connectivity index (χ2n) is 5.02. The minimum Gasteiger partial charge on any atom is -0.478 e. The second-order valence-corrected chi connectivity index (χ2v) is 7.08. The first kappa shape index (κ1) is 15.3. The van der Waals surface area contributed by atoms with Gasteiger partial charge in [-0.05, 0) is 30.2 Å². The summed E-state index contributed by atoms with van der Waals surface area (Å²) in [6.07, 6.45) is 0. The van der Waals surface area contributed by atoms with Crippen molar-refractivity contribution in [3.05, 3.63) is 70.8 Å². The molecule has 0 spiro atoms. The van der Waals surface area contributed by atoms with Crippen LogP contribution in [0, 0.1) is 6.92 Å². The zero-order valence-electron chi connectivity index (χ0n) is 11.6. The van der Waals surface area contributed by atoms with E-state index in [2.05, 4.69) is 0 Å². The molecule has 0 unspecified atom stereocenters. The van der Waals surface area contributed by atoms with Crippen LogP contribution in [0.5, 0.6) is 0 Å². The van der Waals surface area contributed by atoms with Gasteiger partial charge in [-0.2, -0.15) is 0 Å². The molecule has 0 amide bonds. The molecule has 0 radical (unpaired) electrons. The van der Waals surface area contributed by atoms with Crippen LogP contribution in [0.2, 0.25) is 0 Å². The smallest absolute Gasteiger partial charge is 0.335 e. The molecule has 0 saturated heterocycles. The Morgan fingerprint density at radius 1 is 0.905 bits per heavy atom. The van der Waals surface area contributed by atoms with Crippen molar-refractivity contribution < 1.29 is 18.3 Å². The molecule has 1 N–H and O–H groups in total. The predicted molar refractivity (Wildman–Crippen MR) is 80.9 cm³/mol. The summed E-state index contributed by atoms with van der Waals surface area (Å²) in [6.45, 7) is 1.95. The number of aryl methyl sites for hydroxylation is 1. The van der Waals surface area contributed by atoms with Crippen LogP contribution < -0.4 is 0 Å². The van der Waals surface area contributed by atoms with Crippen LogP contribution >= 0.6 is 0 Å². The van der Waals surface area contributed by atoms with E-state index in [0.29, 0.717) is 5.56 Å². The number of carbonyl (C=O) groups is 1. The molecule has 21 heavy (non-hydrogen) atoms. The standard InChI is InChI=1S/C16H16O4S/c1-12-2-4-13(5-3-12)10-21(19,20)11-14-6-8-15(9-7-14)16(17)18/h2-9H,10-11H2,1H3,(H,17,18). The summed E-state index contributed by atoms with van der Waals surface area (Å²) in [5.74, 6) is -1.14. The molecular weight excluding hydrogens is 288 g/mol. The molecule has 5 heteroatoms. The highest BCUT2D eigenvalue weighted by molar-refractivity contribution is 7.89. The van der Waals surface area contributed by atoms with Gasteiger partial charge in [-0.25, -0.2) is 13.2 Å². The van der Waals surface area contributed by atoms with E-state index in [9.17, 15) is 13.2 Å². The van der Waals surface area contributed by atoms with Gasteiger partial charge in [0.2, 0.25) is 0 Å². The predicted octanol–water partition coefficient (Wildman–Crippen LogP) is 2.81. The lowest BCUT2D eigenvalue weighted by molar-refractivity contribution is 0.0697. The topological polar surface area (TPSA) is 71.4 Å². The van der Waals surface area contributed by atoms with Gasteiger partial charge in [0.1, 0.15) is 0 Å². The first-order valence-corrected chi connectivity index (χ1v) is 8.26. The van der Waals surface area contributed by atoms with Gasteiger partial charge in [-0.15, -0.1) is 0 Å². The maximum absolute atomic E-state index is 12.2. The number of hydrogen-bond donors (Lipinski definition) is 1. The maximum Gasteiger partial charge on any atom is 0.335 e. The van der Waals surface area contributed by atoms with Gasteiger partial charge in [0, 0.05) is 0 Å². The van der Waals surface area contributed by atoms with Gasteiger partial charge >= 0.3 is 5.97 Å². The van der Waals surface area contributed by atoms with Crippen molar-refractivity contribution in [3.63, 3.8) is 0 Å². The quantitative estimate of drug-likeness (QED) is 0.922. The van der Waals surface area contributed by atoms with E-state index in [4.69, 9.17) is 5.11 Å². The molecule has 0 aliphatic carbocycles. The molecule has 2 aromatic carbocycles. The van der Waals surface area contributed by atoms with Crippen molar-refractivity contribution in [1.82, 2.24) is 0 Å². The van der Waals surface area contributed by atoms with E-state index in [1.165, 1.54) is 24.3 Å². The molecule has 0 aliphatic heterocycles. The maximum atomic E-state index is 12.2. The number of carboxylic acid groups (broad SMARTS) is 1. The van der Waals surface area contributed by atoms with E-state index in [1.54, 1.807) is 12.1 Å². The molecule has 0 aromatic heterocycles. The fraction of sp³-hybridized carbons (Fsp3) is 0.188. The molecule has 0 aliphatic rings. The molecule has 0 heterocycles. The Balaban J connectivity index is 2.10. The zero-order chi connectivity index (χ0) is 15.5. The summed E-state index contributed by atoms with van der Waals surface area (Å²) in [5.41, 5.74) is 2.57. The Morgan fingerprint density at radius 2 is 1.33 bits per heavy atom. The van der Waals surface area contributed by atoms with Gasteiger partial charge in [0.25, 0.3) is 0 Å². The monoisotopic (exact) mass is 304 g/mol. The minimum absolute atomic E-state index is 0.0199. The summed E-state index contributed by atoms with van der Waals surface area (Å²) in [6, 6.07) is 13.3. The molecule has 0 fully saturated rings. The van der Waals surface area contributed by atoms with Crippen molar-refractivity contribution in [1.29, 1.82) is 0 Å². The number of sulfone groups is 1. The highest BCUT2D eigenvalue weighted by atomic mass is 32.2. The Morgan fingerprint density at radius 3 is 1.76 bits per heavy atom. The third-order valence-corrected chi connectivity index (χ3v) is 4.64. The molecule has 0 saturated carbocycles. The third-order valence-electron chi connectivity index (χ3n) is 3.09. The Kier molecular flexibility index (Phi) is 4.43. The van der Waals surface area contributed by atoms with Gasteiger partial charge in [0.15, 0.2) is 9.84 Å². The van der Waals surface area contributed by atoms with Crippen molar-refractivity contribution in [2.75, 3.05) is 0 Å². The SMILES string of the molecule is Cc1ccc(CS(=O)(=O)Cc2ccc(C(=O)O)cc2)cc1. The van der Waals surface area contributed by atoms with Crippen LogP contribution in [0.4, 0.5) is 0 Å². The second kappa shape index (κ2) is 6.10. The van der Waals surface area contributed by atoms with E-state index in [-0.39, 0.29) is 17.1 Å². The van der Waals surface area contributed by atoms with Crippen LogP contribution in [0.15, 0.2) is 48.5 Å². The summed E-state index contributed by atoms with van der Waals surface area (Å²) in [7, 11) is -3.28. The summed E-state index contributed by atoms with van der Waals surface area (Å²) >= 11 is 0. The Labute approximate surface area is 124 Å². The van der Waals surface area contributed by atoms with Crippen molar-refractivity contribution >= 4 is 15.8 Å². The van der Waals surface area contributed by atoms with E-state index >= 15 is 0 Å². The zero-order valence-corrected chi connectivity index (χ0v) is 12.4. The van der Waals surface area contributed by atoms with Gasteiger partial charge in [-0.1, -0.05) is 42.0 Å². The van der Waals surface area contributed by atoms with Gasteiger partial charge in [-0.3, -0.25) is 0 Å².